The van der Waals surface area contributed by atoms with Gasteiger partial charge in [-0.25, -0.2) is 4.31 Å². The van der Waals surface area contributed by atoms with Gasteiger partial charge < -0.3 is 0 Å². The monoisotopic (exact) mass is 334 g/mol. The third kappa shape index (κ3) is 2.26. The van der Waals surface area contributed by atoms with Crippen LogP contribution in [-0.4, -0.2) is 15.0 Å². The molecule has 0 saturated carbocycles. The first kappa shape index (κ1) is 14.9. The van der Waals surface area contributed by atoms with Crippen molar-refractivity contribution in [3.05, 3.63) is 66.2 Å². The van der Waals surface area contributed by atoms with Crippen molar-refractivity contribution in [3.63, 3.8) is 0 Å². The molecule has 1 heterocycles. The second-order valence-electron chi connectivity index (χ2n) is 4.86. The number of hydrogen-bond acceptors (Lipinski definition) is 2. The molecular weight excluding hydrogens is 320 g/mol. The smallest absolute Gasteiger partial charge is 0.251 e. The number of halogens is 1. The molecule has 2 aromatic carbocycles. The van der Waals surface area contributed by atoms with Crippen molar-refractivity contribution in [2.75, 3.05) is 15.2 Å². The Balaban J connectivity index is 2.19. The van der Waals surface area contributed by atoms with E-state index in [1.54, 1.807) is 42.5 Å². The first-order valence-corrected chi connectivity index (χ1v) is 8.62. The summed E-state index contributed by atoms with van der Waals surface area (Å²) in [5.74, 6) is 0. The summed E-state index contributed by atoms with van der Waals surface area (Å²) in [6, 6.07) is 14.1. The fourth-order valence-electron chi connectivity index (χ4n) is 2.51. The molecule has 6 heteroatoms. The van der Waals surface area contributed by atoms with E-state index in [-0.39, 0.29) is 0 Å². The van der Waals surface area contributed by atoms with E-state index in [9.17, 15) is 8.42 Å². The van der Waals surface area contributed by atoms with Crippen LogP contribution in [-0.2, 0) is 10.2 Å². The number of anilines is 3. The second kappa shape index (κ2) is 5.66. The van der Waals surface area contributed by atoms with Crippen molar-refractivity contribution < 1.29 is 8.42 Å². The molecule has 1 aliphatic rings. The molecule has 0 spiro atoms. The lowest BCUT2D eigenvalue weighted by Crippen LogP contribution is -2.35. The SMILES string of the molecule is C=CCCN1c2ccccc2N(c2ccccc2Cl)S1(=O)=O. The van der Waals surface area contributed by atoms with Crippen LogP contribution in [0.4, 0.5) is 17.1 Å². The number of hydrogen-bond donors (Lipinski definition) is 0. The molecule has 0 atom stereocenters. The number of benzene rings is 2. The lowest BCUT2D eigenvalue weighted by atomic mass is 10.2. The van der Waals surface area contributed by atoms with Crippen LogP contribution in [0.25, 0.3) is 0 Å². The van der Waals surface area contributed by atoms with E-state index in [0.29, 0.717) is 35.1 Å². The molecule has 0 bridgehead atoms. The first-order chi connectivity index (χ1) is 10.6. The van der Waals surface area contributed by atoms with E-state index < -0.39 is 10.2 Å². The molecule has 3 rings (SSSR count). The van der Waals surface area contributed by atoms with Crippen LogP contribution in [0.15, 0.2) is 61.2 Å². The van der Waals surface area contributed by atoms with Crippen LogP contribution in [0.2, 0.25) is 5.02 Å². The van der Waals surface area contributed by atoms with Crippen molar-refractivity contribution in [1.82, 2.24) is 0 Å². The number of para-hydroxylation sites is 3. The Hall–Kier alpha value is -1.98. The van der Waals surface area contributed by atoms with Gasteiger partial charge in [-0.2, -0.15) is 8.42 Å². The standard InChI is InChI=1S/C16H15ClN2O2S/c1-2-3-12-18-15-10-6-7-11-16(15)19(22(18,20)21)14-9-5-4-8-13(14)17/h2,4-11H,1,3,12H2. The van der Waals surface area contributed by atoms with Gasteiger partial charge in [0.1, 0.15) is 0 Å². The molecule has 0 N–H and O–H groups in total. The minimum absolute atomic E-state index is 0.351. The Kier molecular flexibility index (Phi) is 3.85. The molecule has 0 aliphatic carbocycles. The first-order valence-electron chi connectivity index (χ1n) is 6.85. The minimum Gasteiger partial charge on any atom is -0.251 e. The zero-order chi connectivity index (χ0) is 15.7. The van der Waals surface area contributed by atoms with E-state index >= 15 is 0 Å². The number of nitrogens with zero attached hydrogens (tertiary/aromatic N) is 2. The van der Waals surface area contributed by atoms with Crippen LogP contribution in [0, 0.1) is 0 Å². The van der Waals surface area contributed by atoms with Crippen LogP contribution in [0.1, 0.15) is 6.42 Å². The van der Waals surface area contributed by atoms with Crippen molar-refractivity contribution >= 4 is 38.9 Å². The van der Waals surface area contributed by atoms with Gasteiger partial charge in [0.05, 0.1) is 22.1 Å². The summed E-state index contributed by atoms with van der Waals surface area (Å²) < 4.78 is 28.6. The van der Waals surface area contributed by atoms with Crippen molar-refractivity contribution in [2.24, 2.45) is 0 Å². The number of fused-ring (bicyclic) bond motifs is 1. The van der Waals surface area contributed by atoms with Gasteiger partial charge in [0, 0.05) is 6.54 Å². The lowest BCUT2D eigenvalue weighted by Gasteiger charge is -2.22. The lowest BCUT2D eigenvalue weighted by molar-refractivity contribution is 0.594. The average Bonchev–Trinajstić information content (AvgIpc) is 2.72. The largest absolute Gasteiger partial charge is 0.331 e. The predicted octanol–water partition coefficient (Wildman–Crippen LogP) is 4.12. The van der Waals surface area contributed by atoms with Crippen LogP contribution in [0.5, 0.6) is 0 Å². The Bertz CT molecular complexity index is 820. The second-order valence-corrected chi connectivity index (χ2v) is 6.97. The van der Waals surface area contributed by atoms with Gasteiger partial charge in [-0.05, 0) is 30.7 Å². The summed E-state index contributed by atoms with van der Waals surface area (Å²) in [7, 11) is -3.70. The molecule has 1 aliphatic heterocycles. The maximum absolute atomic E-state index is 13.0. The van der Waals surface area contributed by atoms with Crippen LogP contribution < -0.4 is 8.61 Å². The molecular formula is C16H15ClN2O2S. The summed E-state index contributed by atoms with van der Waals surface area (Å²) in [5.41, 5.74) is 1.72. The highest BCUT2D eigenvalue weighted by atomic mass is 35.5. The van der Waals surface area contributed by atoms with Crippen LogP contribution >= 0.6 is 11.6 Å². The van der Waals surface area contributed by atoms with E-state index in [2.05, 4.69) is 6.58 Å². The predicted molar refractivity (Wildman–Crippen MR) is 91.1 cm³/mol. The summed E-state index contributed by atoms with van der Waals surface area (Å²) in [6.45, 7) is 4.01. The maximum Gasteiger partial charge on any atom is 0.331 e. The molecule has 0 fully saturated rings. The van der Waals surface area contributed by atoms with E-state index in [0.717, 1.165) is 0 Å². The molecule has 2 aromatic rings. The minimum atomic E-state index is -3.70. The number of rotatable bonds is 4. The van der Waals surface area contributed by atoms with Crippen LogP contribution in [0.3, 0.4) is 0 Å². The molecule has 0 aromatic heterocycles. The Morgan fingerprint density at radius 2 is 1.59 bits per heavy atom. The Labute approximate surface area is 135 Å². The van der Waals surface area contributed by atoms with E-state index in [1.165, 1.54) is 8.61 Å². The Morgan fingerprint density at radius 1 is 1.00 bits per heavy atom. The van der Waals surface area contributed by atoms with Gasteiger partial charge in [0.15, 0.2) is 0 Å². The van der Waals surface area contributed by atoms with Gasteiger partial charge in [0.2, 0.25) is 0 Å². The summed E-state index contributed by atoms with van der Waals surface area (Å²) in [6.07, 6.45) is 2.28. The maximum atomic E-state index is 13.0. The quantitative estimate of drug-likeness (QED) is 0.789. The Morgan fingerprint density at radius 3 is 2.23 bits per heavy atom. The fourth-order valence-corrected chi connectivity index (χ4v) is 4.53. The molecule has 4 nitrogen and oxygen atoms in total. The summed E-state index contributed by atoms with van der Waals surface area (Å²) in [4.78, 5) is 0. The van der Waals surface area contributed by atoms with Gasteiger partial charge in [-0.1, -0.05) is 41.9 Å². The van der Waals surface area contributed by atoms with Gasteiger partial charge in [0.25, 0.3) is 0 Å². The highest BCUT2D eigenvalue weighted by Crippen LogP contribution is 2.46. The average molecular weight is 335 g/mol. The zero-order valence-electron chi connectivity index (χ0n) is 11.8. The molecule has 0 radical (unpaired) electrons. The van der Waals surface area contributed by atoms with Crippen molar-refractivity contribution in [1.29, 1.82) is 0 Å². The molecule has 114 valence electrons. The fraction of sp³-hybridized carbons (Fsp3) is 0.125. The third-order valence-corrected chi connectivity index (χ3v) is 5.60. The van der Waals surface area contributed by atoms with Gasteiger partial charge >= 0.3 is 10.2 Å². The molecule has 22 heavy (non-hydrogen) atoms. The highest BCUT2D eigenvalue weighted by Gasteiger charge is 2.41. The van der Waals surface area contributed by atoms with Crippen molar-refractivity contribution in [2.45, 2.75) is 6.42 Å². The van der Waals surface area contributed by atoms with Crippen molar-refractivity contribution in [3.8, 4) is 0 Å². The molecule has 0 amide bonds. The normalized spacial score (nSPS) is 15.7. The van der Waals surface area contributed by atoms with Gasteiger partial charge in [-0.3, -0.25) is 4.31 Å². The molecule has 0 unspecified atom stereocenters. The summed E-state index contributed by atoms with van der Waals surface area (Å²) >= 11 is 6.21. The van der Waals surface area contributed by atoms with E-state index in [4.69, 9.17) is 11.6 Å². The zero-order valence-corrected chi connectivity index (χ0v) is 13.4. The highest BCUT2D eigenvalue weighted by molar-refractivity contribution is 7.95. The van der Waals surface area contributed by atoms with E-state index in [1.807, 2.05) is 12.1 Å². The molecule has 0 saturated heterocycles. The summed E-state index contributed by atoms with van der Waals surface area (Å²) in [5, 5.41) is 0.395. The van der Waals surface area contributed by atoms with Gasteiger partial charge in [-0.15, -0.1) is 6.58 Å². The topological polar surface area (TPSA) is 40.6 Å². The third-order valence-electron chi connectivity index (χ3n) is 3.49.